The summed E-state index contributed by atoms with van der Waals surface area (Å²) in [7, 11) is 1.61. The van der Waals surface area contributed by atoms with Crippen molar-refractivity contribution in [1.82, 2.24) is 14.8 Å². The number of aromatic amines is 1. The molecule has 2 aromatic heterocycles. The fraction of sp³-hybridized carbons (Fsp3) is 0.167. The van der Waals surface area contributed by atoms with Crippen molar-refractivity contribution in [3.8, 4) is 11.4 Å². The lowest BCUT2D eigenvalue weighted by Crippen LogP contribution is -2.19. The van der Waals surface area contributed by atoms with Gasteiger partial charge in [-0.25, -0.2) is 14.7 Å². The Bertz CT molecular complexity index is 922. The summed E-state index contributed by atoms with van der Waals surface area (Å²) < 4.78 is 6.65. The normalized spacial score (nSPS) is 11.5. The minimum atomic E-state index is -0.144. The molecule has 0 bridgehead atoms. The Morgan fingerprint density at radius 1 is 1.21 bits per heavy atom. The van der Waals surface area contributed by atoms with Gasteiger partial charge in [-0.2, -0.15) is 0 Å². The average Bonchev–Trinajstić information content (AvgIpc) is 2.90. The highest BCUT2D eigenvalue weighted by atomic mass is 16.5. The Hall–Kier alpha value is -3.15. The zero-order chi connectivity index (χ0) is 17.1. The van der Waals surface area contributed by atoms with E-state index in [2.05, 4.69) is 15.1 Å². The lowest BCUT2D eigenvalue weighted by molar-refractivity contribution is 0.414. The number of hydrogen-bond donors (Lipinski definition) is 1. The number of pyridine rings is 1. The van der Waals surface area contributed by atoms with Gasteiger partial charge in [0.05, 0.1) is 24.1 Å². The van der Waals surface area contributed by atoms with E-state index in [4.69, 9.17) is 4.74 Å². The van der Waals surface area contributed by atoms with Crippen molar-refractivity contribution in [3.63, 3.8) is 0 Å². The Morgan fingerprint density at radius 3 is 2.58 bits per heavy atom. The minimum Gasteiger partial charge on any atom is -0.497 e. The Morgan fingerprint density at radius 2 is 1.96 bits per heavy atom. The van der Waals surface area contributed by atoms with E-state index in [0.717, 1.165) is 17.1 Å². The van der Waals surface area contributed by atoms with E-state index in [1.54, 1.807) is 19.4 Å². The summed E-state index contributed by atoms with van der Waals surface area (Å²) >= 11 is 0. The Kier molecular flexibility index (Phi) is 4.29. The van der Waals surface area contributed by atoms with Crippen LogP contribution in [0, 0.1) is 6.92 Å². The van der Waals surface area contributed by atoms with Crippen LogP contribution in [0.4, 0.5) is 5.82 Å². The van der Waals surface area contributed by atoms with Crippen LogP contribution in [-0.2, 0) is 0 Å². The van der Waals surface area contributed by atoms with E-state index in [1.807, 2.05) is 50.2 Å². The van der Waals surface area contributed by atoms with E-state index >= 15 is 0 Å². The molecule has 2 heterocycles. The maximum absolute atomic E-state index is 12.8. The van der Waals surface area contributed by atoms with Crippen molar-refractivity contribution in [3.05, 3.63) is 70.3 Å². The van der Waals surface area contributed by atoms with Crippen molar-refractivity contribution in [2.75, 3.05) is 7.11 Å². The first-order chi connectivity index (χ1) is 11.6. The molecule has 0 fully saturated rings. The average molecular weight is 322 g/mol. The maximum Gasteiger partial charge on any atom is 0.280 e. The molecule has 1 aromatic carbocycles. The van der Waals surface area contributed by atoms with Crippen molar-refractivity contribution in [2.24, 2.45) is 4.99 Å². The van der Waals surface area contributed by atoms with Gasteiger partial charge in [0.2, 0.25) is 0 Å². The van der Waals surface area contributed by atoms with Crippen LogP contribution in [0.2, 0.25) is 0 Å². The number of H-pyrrole nitrogens is 1. The summed E-state index contributed by atoms with van der Waals surface area (Å²) in [5.41, 5.74) is 2.53. The fourth-order valence-electron chi connectivity index (χ4n) is 2.53. The van der Waals surface area contributed by atoms with Crippen LogP contribution in [0.25, 0.3) is 5.69 Å². The quantitative estimate of drug-likeness (QED) is 0.750. The third-order valence-corrected chi connectivity index (χ3v) is 3.70. The molecule has 3 rings (SSSR count). The molecule has 0 saturated heterocycles. The van der Waals surface area contributed by atoms with Gasteiger partial charge in [-0.05, 0) is 50.2 Å². The molecule has 0 aliphatic heterocycles. The predicted octanol–water partition coefficient (Wildman–Crippen LogP) is 3.02. The van der Waals surface area contributed by atoms with Gasteiger partial charge in [-0.3, -0.25) is 9.89 Å². The van der Waals surface area contributed by atoms with Gasteiger partial charge >= 0.3 is 0 Å². The molecule has 0 saturated carbocycles. The van der Waals surface area contributed by atoms with Crippen LogP contribution in [-0.4, -0.2) is 27.6 Å². The number of ether oxygens (including phenoxy) is 1. The number of nitrogens with zero attached hydrogens (tertiary/aromatic N) is 3. The van der Waals surface area contributed by atoms with E-state index in [-0.39, 0.29) is 5.56 Å². The summed E-state index contributed by atoms with van der Waals surface area (Å²) in [6.07, 6.45) is 1.67. The van der Waals surface area contributed by atoms with Crippen molar-refractivity contribution < 1.29 is 4.74 Å². The number of nitrogens with one attached hydrogen (secondary N) is 1. The second-order valence-electron chi connectivity index (χ2n) is 5.34. The molecular weight excluding hydrogens is 304 g/mol. The van der Waals surface area contributed by atoms with Crippen molar-refractivity contribution in [2.45, 2.75) is 13.8 Å². The SMILES string of the molecule is COc1ccc(-n2[nH]c(C)c(C(C)=Nc3ccccn3)c2=O)cc1. The maximum atomic E-state index is 12.8. The van der Waals surface area contributed by atoms with Gasteiger partial charge < -0.3 is 4.74 Å². The van der Waals surface area contributed by atoms with Crippen LogP contribution in [0.3, 0.4) is 0 Å². The van der Waals surface area contributed by atoms with Crippen LogP contribution < -0.4 is 10.3 Å². The van der Waals surface area contributed by atoms with Crippen molar-refractivity contribution in [1.29, 1.82) is 0 Å². The number of aliphatic imine (C=N–C) groups is 1. The summed E-state index contributed by atoms with van der Waals surface area (Å²) in [6, 6.07) is 12.8. The Labute approximate surface area is 139 Å². The molecule has 3 aromatic rings. The summed E-state index contributed by atoms with van der Waals surface area (Å²) in [5.74, 6) is 1.31. The molecule has 0 spiro atoms. The van der Waals surface area contributed by atoms with Crippen LogP contribution in [0.5, 0.6) is 5.75 Å². The molecule has 122 valence electrons. The lowest BCUT2D eigenvalue weighted by Gasteiger charge is -2.03. The number of benzene rings is 1. The van der Waals surface area contributed by atoms with Gasteiger partial charge in [-0.1, -0.05) is 6.07 Å². The van der Waals surface area contributed by atoms with Crippen LogP contribution in [0.1, 0.15) is 18.2 Å². The lowest BCUT2D eigenvalue weighted by atomic mass is 10.2. The predicted molar refractivity (Wildman–Crippen MR) is 93.8 cm³/mol. The number of hydrogen-bond acceptors (Lipinski definition) is 4. The highest BCUT2D eigenvalue weighted by Crippen LogP contribution is 2.15. The molecule has 6 nitrogen and oxygen atoms in total. The second kappa shape index (κ2) is 6.54. The number of aryl methyl sites for hydroxylation is 1. The van der Waals surface area contributed by atoms with Crippen LogP contribution >= 0.6 is 0 Å². The summed E-state index contributed by atoms with van der Waals surface area (Å²) in [4.78, 5) is 21.4. The molecule has 24 heavy (non-hydrogen) atoms. The molecule has 0 unspecified atom stereocenters. The zero-order valence-corrected chi connectivity index (χ0v) is 13.8. The van der Waals surface area contributed by atoms with Crippen LogP contribution in [0.15, 0.2) is 58.4 Å². The first-order valence-electron chi connectivity index (χ1n) is 7.53. The number of methoxy groups -OCH3 is 1. The second-order valence-corrected chi connectivity index (χ2v) is 5.34. The molecule has 0 atom stereocenters. The molecule has 0 radical (unpaired) electrons. The number of aromatic nitrogens is 3. The van der Waals surface area contributed by atoms with E-state index in [9.17, 15) is 4.79 Å². The zero-order valence-electron chi connectivity index (χ0n) is 13.8. The third-order valence-electron chi connectivity index (χ3n) is 3.70. The van der Waals surface area contributed by atoms with Gasteiger partial charge in [0.1, 0.15) is 5.75 Å². The standard InChI is InChI=1S/C18H18N4O2/c1-12(20-16-6-4-5-11-19-16)17-13(2)21-22(18(17)23)14-7-9-15(24-3)10-8-14/h4-11,21H,1-3H3. The Balaban J connectivity index is 2.03. The summed E-state index contributed by atoms with van der Waals surface area (Å²) in [6.45, 7) is 3.67. The van der Waals surface area contributed by atoms with E-state index < -0.39 is 0 Å². The highest BCUT2D eigenvalue weighted by Gasteiger charge is 2.15. The van der Waals surface area contributed by atoms with Gasteiger partial charge in [0.25, 0.3) is 5.56 Å². The van der Waals surface area contributed by atoms with E-state index in [1.165, 1.54) is 4.68 Å². The largest absolute Gasteiger partial charge is 0.497 e. The highest BCUT2D eigenvalue weighted by molar-refractivity contribution is 6.00. The first kappa shape index (κ1) is 15.7. The molecule has 1 N–H and O–H groups in total. The third kappa shape index (κ3) is 2.99. The molecule has 0 aliphatic carbocycles. The minimum absolute atomic E-state index is 0.144. The number of rotatable bonds is 4. The molecule has 0 aliphatic rings. The van der Waals surface area contributed by atoms with Gasteiger partial charge in [0, 0.05) is 11.9 Å². The summed E-state index contributed by atoms with van der Waals surface area (Å²) in [5, 5.41) is 3.10. The monoisotopic (exact) mass is 322 g/mol. The smallest absolute Gasteiger partial charge is 0.280 e. The van der Waals surface area contributed by atoms with Crippen molar-refractivity contribution >= 4 is 11.5 Å². The molecular formula is C18H18N4O2. The first-order valence-corrected chi connectivity index (χ1v) is 7.53. The van der Waals surface area contributed by atoms with E-state index in [0.29, 0.717) is 17.1 Å². The molecule has 6 heteroatoms. The van der Waals surface area contributed by atoms with Gasteiger partial charge in [0.15, 0.2) is 5.82 Å². The fourth-order valence-corrected chi connectivity index (χ4v) is 2.53. The van der Waals surface area contributed by atoms with Gasteiger partial charge in [-0.15, -0.1) is 0 Å². The molecule has 0 amide bonds. The topological polar surface area (TPSA) is 72.3 Å².